The van der Waals surface area contributed by atoms with Crippen LogP contribution in [0.1, 0.15) is 55.6 Å². The minimum atomic E-state index is 0.243. The van der Waals surface area contributed by atoms with Crippen LogP contribution >= 0.6 is 23.2 Å². The number of hydrogen-bond donors (Lipinski definition) is 0. The second-order valence-corrected chi connectivity index (χ2v) is 10.5. The molecule has 0 bridgehead atoms. The summed E-state index contributed by atoms with van der Waals surface area (Å²) in [6.45, 7) is 11.9. The Balaban J connectivity index is 0.000000230. The Kier molecular flexibility index (Phi) is 10.2. The molecule has 0 radical (unpaired) electrons. The van der Waals surface area contributed by atoms with E-state index in [2.05, 4.69) is 12.1 Å². The number of halogens is 2. The van der Waals surface area contributed by atoms with Crippen LogP contribution < -0.4 is 9.47 Å². The molecule has 8 heteroatoms. The van der Waals surface area contributed by atoms with Crippen LogP contribution in [0.3, 0.4) is 0 Å². The van der Waals surface area contributed by atoms with Crippen molar-refractivity contribution in [2.45, 2.75) is 41.5 Å². The van der Waals surface area contributed by atoms with Crippen LogP contribution in [-0.2, 0) is 0 Å². The average molecular weight is 594 g/mol. The molecule has 0 aromatic heterocycles. The van der Waals surface area contributed by atoms with E-state index in [0.717, 1.165) is 33.4 Å². The van der Waals surface area contributed by atoms with Gasteiger partial charge in [0.25, 0.3) is 0 Å². The first-order valence-electron chi connectivity index (χ1n) is 12.7. The lowest BCUT2D eigenvalue weighted by Gasteiger charge is -2.13. The fraction of sp³-hybridized carbons (Fsp3) is 0.176. The van der Waals surface area contributed by atoms with E-state index in [1.54, 1.807) is 0 Å². The van der Waals surface area contributed by atoms with Crippen LogP contribution in [-0.4, -0.2) is 0 Å². The molecule has 208 valence electrons. The normalized spacial score (nSPS) is 9.81. The smallest absolute Gasteiger partial charge is 0.147 e. The first-order chi connectivity index (χ1) is 19.9. The van der Waals surface area contributed by atoms with E-state index in [-0.39, 0.29) is 22.3 Å². The second kappa shape index (κ2) is 13.6. The summed E-state index contributed by atoms with van der Waals surface area (Å²) in [5, 5.41) is 36.7. The van der Waals surface area contributed by atoms with Crippen molar-refractivity contribution in [3.8, 4) is 47.3 Å². The van der Waals surface area contributed by atoms with E-state index in [0.29, 0.717) is 33.0 Å². The molecule has 0 heterocycles. The largest absolute Gasteiger partial charge is 0.455 e. The van der Waals surface area contributed by atoms with Crippen LogP contribution in [0.25, 0.3) is 0 Å². The molecule has 42 heavy (non-hydrogen) atoms. The Morgan fingerprint density at radius 2 is 0.762 bits per heavy atom. The quantitative estimate of drug-likeness (QED) is 0.233. The minimum absolute atomic E-state index is 0.243. The predicted octanol–water partition coefficient (Wildman–Crippen LogP) is 9.60. The van der Waals surface area contributed by atoms with Crippen LogP contribution in [0.5, 0.6) is 23.0 Å². The maximum absolute atomic E-state index is 9.07. The Morgan fingerprint density at radius 1 is 0.452 bits per heavy atom. The number of rotatable bonds is 4. The Bertz CT molecular complexity index is 1730. The van der Waals surface area contributed by atoms with E-state index < -0.39 is 0 Å². The molecule has 0 amide bonds. The van der Waals surface area contributed by atoms with Gasteiger partial charge in [0.1, 0.15) is 47.3 Å². The third-order valence-corrected chi connectivity index (χ3v) is 7.18. The summed E-state index contributed by atoms with van der Waals surface area (Å²) in [5.74, 6) is 2.15. The topological polar surface area (TPSA) is 114 Å². The summed E-state index contributed by atoms with van der Waals surface area (Å²) in [6, 6.07) is 21.7. The number of nitriles is 4. The standard InChI is InChI=1S/2C17H13ClN2O/c2*1-10-4-11(2)12(3)16(5-10)21-17-7-14(9-20)13(8-19)6-15(17)18/h2*4-7H,1-3H3. The summed E-state index contributed by atoms with van der Waals surface area (Å²) in [4.78, 5) is 0. The molecule has 4 aromatic carbocycles. The molecule has 0 saturated carbocycles. The predicted molar refractivity (Wildman–Crippen MR) is 163 cm³/mol. The Morgan fingerprint density at radius 3 is 1.07 bits per heavy atom. The third kappa shape index (κ3) is 7.20. The first kappa shape index (κ1) is 31.5. The summed E-state index contributed by atoms with van der Waals surface area (Å²) in [5.41, 5.74) is 7.42. The second-order valence-electron chi connectivity index (χ2n) is 9.72. The molecule has 6 nitrogen and oxygen atoms in total. The molecule has 0 atom stereocenters. The molecule has 4 aromatic rings. The lowest BCUT2D eigenvalue weighted by atomic mass is 10.1. The van der Waals surface area contributed by atoms with Gasteiger partial charge in [0.15, 0.2) is 0 Å². The number of nitrogens with zero attached hydrogens (tertiary/aromatic N) is 4. The molecule has 0 unspecified atom stereocenters. The molecule has 0 aliphatic rings. The molecule has 0 saturated heterocycles. The highest BCUT2D eigenvalue weighted by Gasteiger charge is 2.14. The van der Waals surface area contributed by atoms with Crippen molar-refractivity contribution < 1.29 is 9.47 Å². The van der Waals surface area contributed by atoms with Gasteiger partial charge < -0.3 is 9.47 Å². The van der Waals surface area contributed by atoms with Crippen LogP contribution in [0.2, 0.25) is 10.0 Å². The van der Waals surface area contributed by atoms with E-state index >= 15 is 0 Å². The van der Waals surface area contributed by atoms with Crippen molar-refractivity contribution in [2.24, 2.45) is 0 Å². The first-order valence-corrected chi connectivity index (χ1v) is 13.5. The fourth-order valence-corrected chi connectivity index (χ4v) is 4.49. The van der Waals surface area contributed by atoms with E-state index in [1.165, 1.54) is 24.3 Å². The zero-order chi connectivity index (χ0) is 31.1. The van der Waals surface area contributed by atoms with E-state index in [1.807, 2.05) is 78.0 Å². The lowest BCUT2D eigenvalue weighted by molar-refractivity contribution is 0.477. The van der Waals surface area contributed by atoms with Gasteiger partial charge >= 0.3 is 0 Å². The Hall–Kier alpha value is -4.98. The molecule has 4 rings (SSSR count). The van der Waals surface area contributed by atoms with Crippen molar-refractivity contribution >= 4 is 23.2 Å². The molecule has 0 N–H and O–H groups in total. The van der Waals surface area contributed by atoms with Gasteiger partial charge in [0.05, 0.1) is 32.3 Å². The van der Waals surface area contributed by atoms with E-state index in [9.17, 15) is 0 Å². The molecule has 0 aliphatic carbocycles. The number of ether oxygens (including phenoxy) is 2. The monoisotopic (exact) mass is 592 g/mol. The van der Waals surface area contributed by atoms with Gasteiger partial charge in [0, 0.05) is 12.1 Å². The fourth-order valence-electron chi connectivity index (χ4n) is 4.08. The Labute approximate surface area is 256 Å². The maximum Gasteiger partial charge on any atom is 0.147 e. The summed E-state index contributed by atoms with van der Waals surface area (Å²) in [6.07, 6.45) is 0. The third-order valence-electron chi connectivity index (χ3n) is 6.59. The van der Waals surface area contributed by atoms with Gasteiger partial charge in [-0.15, -0.1) is 0 Å². The zero-order valence-corrected chi connectivity index (χ0v) is 25.5. The highest BCUT2D eigenvalue weighted by atomic mass is 35.5. The highest BCUT2D eigenvalue weighted by Crippen LogP contribution is 2.36. The lowest BCUT2D eigenvalue weighted by Crippen LogP contribution is -1.94. The van der Waals surface area contributed by atoms with Crippen molar-refractivity contribution in [1.82, 2.24) is 0 Å². The van der Waals surface area contributed by atoms with Gasteiger partial charge in [-0.2, -0.15) is 21.0 Å². The van der Waals surface area contributed by atoms with Crippen molar-refractivity contribution in [3.05, 3.63) is 114 Å². The zero-order valence-electron chi connectivity index (χ0n) is 24.0. The number of benzene rings is 4. The summed E-state index contributed by atoms with van der Waals surface area (Å²) >= 11 is 12.3. The van der Waals surface area contributed by atoms with Crippen LogP contribution in [0.4, 0.5) is 0 Å². The van der Waals surface area contributed by atoms with Gasteiger partial charge in [-0.25, -0.2) is 0 Å². The molecule has 0 fully saturated rings. The molecular weight excluding hydrogens is 567 g/mol. The number of aryl methyl sites for hydroxylation is 4. The summed E-state index contributed by atoms with van der Waals surface area (Å²) < 4.78 is 11.7. The van der Waals surface area contributed by atoms with Gasteiger partial charge in [-0.1, -0.05) is 35.3 Å². The van der Waals surface area contributed by atoms with Gasteiger partial charge in [-0.3, -0.25) is 0 Å². The van der Waals surface area contributed by atoms with Gasteiger partial charge in [-0.05, 0) is 99.2 Å². The molecule has 0 spiro atoms. The summed E-state index contributed by atoms with van der Waals surface area (Å²) in [7, 11) is 0. The SMILES string of the molecule is Cc1cc(C)c(C)c(Oc2cc(C#N)c(C#N)cc2Cl)c1.Cc1cc(C)c(C)c(Oc2cc(C#N)c(C#N)cc2Cl)c1. The maximum atomic E-state index is 9.07. The minimum Gasteiger partial charge on any atom is -0.455 e. The van der Waals surface area contributed by atoms with E-state index in [4.69, 9.17) is 53.7 Å². The molecular formula is C34H26Cl2N4O2. The molecule has 0 aliphatic heterocycles. The number of hydrogen-bond acceptors (Lipinski definition) is 6. The van der Waals surface area contributed by atoms with Crippen molar-refractivity contribution in [2.75, 3.05) is 0 Å². The van der Waals surface area contributed by atoms with Crippen LogP contribution in [0, 0.1) is 86.9 Å². The van der Waals surface area contributed by atoms with Crippen molar-refractivity contribution in [3.63, 3.8) is 0 Å². The van der Waals surface area contributed by atoms with Gasteiger partial charge in [0.2, 0.25) is 0 Å². The highest BCUT2D eigenvalue weighted by molar-refractivity contribution is 6.32. The average Bonchev–Trinajstić information content (AvgIpc) is 2.95. The van der Waals surface area contributed by atoms with Crippen molar-refractivity contribution in [1.29, 1.82) is 21.0 Å². The van der Waals surface area contributed by atoms with Crippen LogP contribution in [0.15, 0.2) is 48.5 Å².